The number of anilines is 1. The number of pyridine rings is 1. The maximum atomic E-state index is 12.2. The van der Waals surface area contributed by atoms with Crippen LogP contribution in [0, 0.1) is 5.41 Å². The first-order valence-corrected chi connectivity index (χ1v) is 6.68. The van der Waals surface area contributed by atoms with Crippen LogP contribution in [-0.2, 0) is 4.79 Å². The van der Waals surface area contributed by atoms with Crippen molar-refractivity contribution in [1.82, 2.24) is 10.3 Å². The fourth-order valence-corrected chi connectivity index (χ4v) is 3.14. The Hall–Kier alpha value is -1.13. The Labute approximate surface area is 111 Å². The topological polar surface area (TPSA) is 45.2 Å². The molecule has 0 bridgehead atoms. The second kappa shape index (κ2) is 4.52. The maximum absolute atomic E-state index is 12.2. The summed E-state index contributed by atoms with van der Waals surface area (Å²) in [5, 5.41) is 3.93. The fourth-order valence-electron chi connectivity index (χ4n) is 2.97. The zero-order valence-electron chi connectivity index (χ0n) is 10.2. The van der Waals surface area contributed by atoms with Crippen molar-refractivity contribution >= 4 is 23.2 Å². The van der Waals surface area contributed by atoms with Gasteiger partial charge in [0.2, 0.25) is 5.91 Å². The summed E-state index contributed by atoms with van der Waals surface area (Å²) in [5.41, 5.74) is 0.980. The predicted octanol–water partition coefficient (Wildman–Crippen LogP) is 1.84. The average molecular weight is 266 g/mol. The van der Waals surface area contributed by atoms with Crippen LogP contribution in [0.15, 0.2) is 18.5 Å². The van der Waals surface area contributed by atoms with Gasteiger partial charge in [0.05, 0.1) is 16.9 Å². The highest BCUT2D eigenvalue weighted by molar-refractivity contribution is 6.30. The van der Waals surface area contributed by atoms with Crippen LogP contribution in [0.5, 0.6) is 0 Å². The van der Waals surface area contributed by atoms with Crippen LogP contribution in [0.2, 0.25) is 5.02 Å². The number of nitrogens with zero attached hydrogens (tertiary/aromatic N) is 2. The highest BCUT2D eigenvalue weighted by Gasteiger charge is 2.44. The van der Waals surface area contributed by atoms with Crippen molar-refractivity contribution in [3.05, 3.63) is 23.5 Å². The fraction of sp³-hybridized carbons (Fsp3) is 0.538. The number of aromatic nitrogens is 1. The number of amides is 1. The zero-order chi connectivity index (χ0) is 12.6. The van der Waals surface area contributed by atoms with E-state index in [1.807, 2.05) is 11.0 Å². The smallest absolute Gasteiger partial charge is 0.227 e. The van der Waals surface area contributed by atoms with E-state index >= 15 is 0 Å². The lowest BCUT2D eigenvalue weighted by molar-refractivity contribution is -0.117. The van der Waals surface area contributed by atoms with E-state index in [4.69, 9.17) is 11.6 Å². The van der Waals surface area contributed by atoms with Gasteiger partial charge in [0.1, 0.15) is 0 Å². The molecule has 1 aromatic rings. The first-order valence-electron chi connectivity index (χ1n) is 6.30. The van der Waals surface area contributed by atoms with E-state index in [1.165, 1.54) is 0 Å². The molecule has 5 heteroatoms. The van der Waals surface area contributed by atoms with Crippen molar-refractivity contribution in [2.75, 3.05) is 24.5 Å². The van der Waals surface area contributed by atoms with E-state index in [1.54, 1.807) is 12.4 Å². The minimum atomic E-state index is 0.157. The number of piperidine rings is 1. The third-order valence-electron chi connectivity index (χ3n) is 3.99. The SMILES string of the molecule is O=C1CC2(CCNCC2)CN1c1cncc(Cl)c1. The molecular formula is C13H16ClN3O. The molecule has 18 heavy (non-hydrogen) atoms. The van der Waals surface area contributed by atoms with Gasteiger partial charge in [-0.15, -0.1) is 0 Å². The largest absolute Gasteiger partial charge is 0.317 e. The molecule has 3 rings (SSSR count). The summed E-state index contributed by atoms with van der Waals surface area (Å²) in [6, 6.07) is 1.81. The lowest BCUT2D eigenvalue weighted by Gasteiger charge is -2.33. The zero-order valence-corrected chi connectivity index (χ0v) is 10.9. The van der Waals surface area contributed by atoms with Crippen LogP contribution in [0.1, 0.15) is 19.3 Å². The summed E-state index contributed by atoms with van der Waals surface area (Å²) >= 11 is 5.94. The summed E-state index contributed by atoms with van der Waals surface area (Å²) in [6.45, 7) is 2.82. The first-order chi connectivity index (χ1) is 8.69. The Morgan fingerprint density at radius 1 is 1.33 bits per heavy atom. The molecular weight excluding hydrogens is 250 g/mol. The molecule has 0 aromatic carbocycles. The molecule has 0 aliphatic carbocycles. The Morgan fingerprint density at radius 2 is 2.11 bits per heavy atom. The van der Waals surface area contributed by atoms with Crippen molar-refractivity contribution in [1.29, 1.82) is 0 Å². The van der Waals surface area contributed by atoms with Crippen molar-refractivity contribution in [2.45, 2.75) is 19.3 Å². The molecule has 1 spiro atoms. The van der Waals surface area contributed by atoms with Gasteiger partial charge in [0, 0.05) is 19.2 Å². The second-order valence-corrected chi connectivity index (χ2v) is 5.70. The van der Waals surface area contributed by atoms with E-state index in [-0.39, 0.29) is 11.3 Å². The quantitative estimate of drug-likeness (QED) is 0.843. The number of hydrogen-bond acceptors (Lipinski definition) is 3. The molecule has 0 unspecified atom stereocenters. The van der Waals surface area contributed by atoms with Crippen molar-refractivity contribution in [3.8, 4) is 0 Å². The Morgan fingerprint density at radius 3 is 2.83 bits per heavy atom. The van der Waals surface area contributed by atoms with E-state index in [9.17, 15) is 4.79 Å². The highest BCUT2D eigenvalue weighted by atomic mass is 35.5. The summed E-state index contributed by atoms with van der Waals surface area (Å²) in [4.78, 5) is 18.1. The molecule has 2 aliphatic heterocycles. The Balaban J connectivity index is 1.84. The molecule has 2 saturated heterocycles. The lowest BCUT2D eigenvalue weighted by Crippen LogP contribution is -2.38. The van der Waals surface area contributed by atoms with Crippen LogP contribution in [0.4, 0.5) is 5.69 Å². The number of carbonyl (C=O) groups is 1. The summed E-state index contributed by atoms with van der Waals surface area (Å²) in [5.74, 6) is 0.195. The van der Waals surface area contributed by atoms with Gasteiger partial charge in [-0.2, -0.15) is 0 Å². The van der Waals surface area contributed by atoms with E-state index in [0.29, 0.717) is 11.4 Å². The Kier molecular flexibility index (Phi) is 2.99. The number of rotatable bonds is 1. The Bertz CT molecular complexity index is 471. The summed E-state index contributed by atoms with van der Waals surface area (Å²) in [6.07, 6.45) is 6.10. The van der Waals surface area contributed by atoms with Crippen LogP contribution in [0.3, 0.4) is 0 Å². The standard InChI is InChI=1S/C13H16ClN3O/c14-10-5-11(8-16-7-10)17-9-13(6-12(17)18)1-3-15-4-2-13/h5,7-8,15H,1-4,6,9H2. The van der Waals surface area contributed by atoms with Gasteiger partial charge >= 0.3 is 0 Å². The van der Waals surface area contributed by atoms with Crippen molar-refractivity contribution in [3.63, 3.8) is 0 Å². The summed E-state index contributed by atoms with van der Waals surface area (Å²) in [7, 11) is 0. The number of nitrogens with one attached hydrogen (secondary N) is 1. The average Bonchev–Trinajstić information content (AvgIpc) is 2.67. The monoisotopic (exact) mass is 265 g/mol. The lowest BCUT2D eigenvalue weighted by atomic mass is 9.78. The van der Waals surface area contributed by atoms with Gasteiger partial charge in [-0.3, -0.25) is 9.78 Å². The molecule has 4 nitrogen and oxygen atoms in total. The third-order valence-corrected chi connectivity index (χ3v) is 4.19. The van der Waals surface area contributed by atoms with Gasteiger partial charge in [-0.1, -0.05) is 11.6 Å². The van der Waals surface area contributed by atoms with Gasteiger partial charge in [0.25, 0.3) is 0 Å². The van der Waals surface area contributed by atoms with Crippen LogP contribution in [0.25, 0.3) is 0 Å². The number of carbonyl (C=O) groups excluding carboxylic acids is 1. The molecule has 0 radical (unpaired) electrons. The van der Waals surface area contributed by atoms with Crippen LogP contribution >= 0.6 is 11.6 Å². The maximum Gasteiger partial charge on any atom is 0.227 e. The molecule has 1 aromatic heterocycles. The molecule has 1 N–H and O–H groups in total. The minimum Gasteiger partial charge on any atom is -0.317 e. The minimum absolute atomic E-state index is 0.157. The van der Waals surface area contributed by atoms with Crippen LogP contribution in [-0.4, -0.2) is 30.5 Å². The number of hydrogen-bond donors (Lipinski definition) is 1. The second-order valence-electron chi connectivity index (χ2n) is 5.27. The van der Waals surface area contributed by atoms with Gasteiger partial charge in [-0.05, 0) is 37.4 Å². The van der Waals surface area contributed by atoms with Crippen molar-refractivity contribution in [2.24, 2.45) is 5.41 Å². The molecule has 3 heterocycles. The van der Waals surface area contributed by atoms with Crippen LogP contribution < -0.4 is 10.2 Å². The van der Waals surface area contributed by atoms with Gasteiger partial charge in [-0.25, -0.2) is 0 Å². The molecule has 2 fully saturated rings. The molecule has 96 valence electrons. The van der Waals surface area contributed by atoms with Crippen molar-refractivity contribution < 1.29 is 4.79 Å². The molecule has 0 atom stereocenters. The highest BCUT2D eigenvalue weighted by Crippen LogP contribution is 2.41. The molecule has 0 saturated carbocycles. The first kappa shape index (κ1) is 11.9. The van der Waals surface area contributed by atoms with Gasteiger partial charge in [0.15, 0.2) is 0 Å². The molecule has 1 amide bonds. The van der Waals surface area contributed by atoms with Gasteiger partial charge < -0.3 is 10.2 Å². The predicted molar refractivity (Wildman–Crippen MR) is 70.8 cm³/mol. The summed E-state index contributed by atoms with van der Waals surface area (Å²) < 4.78 is 0. The molecule has 2 aliphatic rings. The third kappa shape index (κ3) is 2.10. The van der Waals surface area contributed by atoms with E-state index < -0.39 is 0 Å². The number of halogens is 1. The normalized spacial score (nSPS) is 22.7. The van der Waals surface area contributed by atoms with E-state index in [2.05, 4.69) is 10.3 Å². The van der Waals surface area contributed by atoms with E-state index in [0.717, 1.165) is 38.2 Å².